The van der Waals surface area contributed by atoms with Gasteiger partial charge in [0.2, 0.25) is 5.52 Å². The number of hydrogen-bond donors (Lipinski definition) is 0. The number of aryl methyl sites for hydroxylation is 1. The van der Waals surface area contributed by atoms with Crippen molar-refractivity contribution in [1.82, 2.24) is 0 Å². The molecule has 1 aliphatic rings. The summed E-state index contributed by atoms with van der Waals surface area (Å²) >= 11 is 1.66. The lowest BCUT2D eigenvalue weighted by Gasteiger charge is -2.15. The van der Waals surface area contributed by atoms with Gasteiger partial charge in [-0.2, -0.15) is 5.26 Å². The van der Waals surface area contributed by atoms with E-state index in [1.807, 2.05) is 50.6 Å². The monoisotopic (exact) mass is 457 g/mol. The molecule has 5 heteroatoms. The predicted molar refractivity (Wildman–Crippen MR) is 98.4 cm³/mol. The van der Waals surface area contributed by atoms with Crippen molar-refractivity contribution in [3.05, 3.63) is 71.4 Å². The highest BCUT2D eigenvalue weighted by Crippen LogP contribution is 2.47. The topological polar surface area (TPSA) is 30.9 Å². The smallest absolute Gasteiger partial charge is 0.212 e. The molecule has 124 valence electrons. The fraction of sp³-hybridized carbons (Fsp3) is 0.100. The van der Waals surface area contributed by atoms with E-state index in [1.165, 1.54) is 4.90 Å². The zero-order valence-corrected chi connectivity index (χ0v) is 16.9. The van der Waals surface area contributed by atoms with E-state index in [9.17, 15) is 5.26 Å². The first kappa shape index (κ1) is 17.8. The normalized spacial score (nSPS) is 14.7. The minimum atomic E-state index is 0. The molecule has 0 radical (unpaired) electrons. The highest BCUT2D eigenvalue weighted by atomic mass is 127. The summed E-state index contributed by atoms with van der Waals surface area (Å²) in [6, 6.07) is 20.9. The third-order valence-corrected chi connectivity index (χ3v) is 5.61. The van der Waals surface area contributed by atoms with Crippen LogP contribution in [-0.4, -0.2) is 7.05 Å². The number of rotatable bonds is 1. The summed E-state index contributed by atoms with van der Waals surface area (Å²) in [6.07, 6.45) is 2.02. The first-order chi connectivity index (χ1) is 11.7. The van der Waals surface area contributed by atoms with E-state index >= 15 is 0 Å². The van der Waals surface area contributed by atoms with Crippen LogP contribution < -0.4 is 33.4 Å². The molecule has 0 amide bonds. The summed E-state index contributed by atoms with van der Waals surface area (Å²) in [7, 11) is 4.05. The molecule has 0 N–H and O–H groups in total. The highest BCUT2D eigenvalue weighted by Gasteiger charge is 2.26. The summed E-state index contributed by atoms with van der Waals surface area (Å²) < 4.78 is 2.08. The third-order valence-electron chi connectivity index (χ3n) is 4.37. The van der Waals surface area contributed by atoms with Gasteiger partial charge in [0.25, 0.3) is 0 Å². The van der Waals surface area contributed by atoms with Crippen LogP contribution in [0.2, 0.25) is 0 Å². The van der Waals surface area contributed by atoms with E-state index in [4.69, 9.17) is 0 Å². The summed E-state index contributed by atoms with van der Waals surface area (Å²) in [5, 5.41) is 12.0. The summed E-state index contributed by atoms with van der Waals surface area (Å²) in [5.41, 5.74) is 3.96. The molecular weight excluding hydrogens is 441 g/mol. The Morgan fingerprint density at radius 3 is 2.56 bits per heavy atom. The van der Waals surface area contributed by atoms with Crippen LogP contribution in [0.1, 0.15) is 5.56 Å². The molecule has 0 spiro atoms. The Morgan fingerprint density at radius 2 is 1.80 bits per heavy atom. The molecule has 0 saturated carbocycles. The van der Waals surface area contributed by atoms with Gasteiger partial charge in [-0.15, -0.1) is 0 Å². The van der Waals surface area contributed by atoms with Crippen molar-refractivity contribution in [1.29, 1.82) is 5.26 Å². The van der Waals surface area contributed by atoms with E-state index in [2.05, 4.69) is 39.8 Å². The number of allylic oxidation sites excluding steroid dienone is 1. The van der Waals surface area contributed by atoms with Crippen molar-refractivity contribution < 1.29 is 28.5 Å². The molecule has 25 heavy (non-hydrogen) atoms. The van der Waals surface area contributed by atoms with Gasteiger partial charge in [0, 0.05) is 29.6 Å². The average molecular weight is 457 g/mol. The second-order valence-electron chi connectivity index (χ2n) is 5.78. The Morgan fingerprint density at radius 1 is 1.08 bits per heavy atom. The maximum Gasteiger partial charge on any atom is 0.212 e. The second-order valence-corrected chi connectivity index (χ2v) is 6.81. The Bertz CT molecular complexity index is 1040. The van der Waals surface area contributed by atoms with Crippen molar-refractivity contribution in [2.45, 2.75) is 4.90 Å². The number of nitrogens with zero attached hydrogens (tertiary/aromatic N) is 3. The number of fused-ring (bicyclic) bond motifs is 2. The zero-order valence-electron chi connectivity index (χ0n) is 13.9. The summed E-state index contributed by atoms with van der Waals surface area (Å²) in [4.78, 5) is 3.30. The third kappa shape index (κ3) is 2.90. The number of pyridine rings is 1. The van der Waals surface area contributed by atoms with Crippen LogP contribution in [0.15, 0.2) is 70.7 Å². The van der Waals surface area contributed by atoms with Crippen LogP contribution >= 0.6 is 11.8 Å². The fourth-order valence-corrected chi connectivity index (χ4v) is 4.29. The van der Waals surface area contributed by atoms with Gasteiger partial charge in [-0.25, -0.2) is 4.57 Å². The molecule has 3 aromatic rings. The van der Waals surface area contributed by atoms with Crippen LogP contribution in [0.3, 0.4) is 0 Å². The number of aromatic nitrogens is 1. The van der Waals surface area contributed by atoms with Crippen LogP contribution in [-0.2, 0) is 7.05 Å². The lowest BCUT2D eigenvalue weighted by molar-refractivity contribution is -0.644. The highest BCUT2D eigenvalue weighted by molar-refractivity contribution is 8.04. The van der Waals surface area contributed by atoms with Crippen molar-refractivity contribution >= 4 is 33.9 Å². The van der Waals surface area contributed by atoms with E-state index in [-0.39, 0.29) is 24.0 Å². The molecule has 2 heterocycles. The van der Waals surface area contributed by atoms with Crippen LogP contribution in [0.5, 0.6) is 0 Å². The van der Waals surface area contributed by atoms with Crippen molar-refractivity contribution in [2.75, 3.05) is 11.9 Å². The Kier molecular flexibility index (Phi) is 5.02. The van der Waals surface area contributed by atoms with Gasteiger partial charge >= 0.3 is 0 Å². The number of thioether (sulfide) groups is 1. The fourth-order valence-electron chi connectivity index (χ4n) is 3.13. The molecular formula is C20H16IN3S. The van der Waals surface area contributed by atoms with E-state index in [0.29, 0.717) is 0 Å². The second kappa shape index (κ2) is 7.06. The number of anilines is 1. The first-order valence-corrected chi connectivity index (χ1v) is 8.55. The quantitative estimate of drug-likeness (QED) is 0.312. The Balaban J connectivity index is 0.00000182. The van der Waals surface area contributed by atoms with Gasteiger partial charge in [-0.3, -0.25) is 0 Å². The maximum atomic E-state index is 9.91. The van der Waals surface area contributed by atoms with Crippen molar-refractivity contribution in [3.8, 4) is 6.07 Å². The van der Waals surface area contributed by atoms with Crippen molar-refractivity contribution in [2.24, 2.45) is 7.05 Å². The zero-order chi connectivity index (χ0) is 16.7. The molecule has 0 fully saturated rings. The maximum absolute atomic E-state index is 9.91. The number of hydrogen-bond acceptors (Lipinski definition) is 3. The molecule has 2 aromatic carbocycles. The molecule has 0 atom stereocenters. The van der Waals surface area contributed by atoms with Gasteiger partial charge in [-0.05, 0) is 18.2 Å². The van der Waals surface area contributed by atoms with E-state index in [1.54, 1.807) is 11.8 Å². The van der Waals surface area contributed by atoms with Crippen LogP contribution in [0, 0.1) is 11.3 Å². The van der Waals surface area contributed by atoms with Gasteiger partial charge < -0.3 is 28.9 Å². The van der Waals surface area contributed by atoms with Gasteiger partial charge in [-0.1, -0.05) is 36.0 Å². The molecule has 0 saturated heterocycles. The van der Waals surface area contributed by atoms with Crippen molar-refractivity contribution in [3.63, 3.8) is 0 Å². The molecule has 3 nitrogen and oxygen atoms in total. The predicted octanol–water partition coefficient (Wildman–Crippen LogP) is 1.10. The Hall–Kier alpha value is -2.04. The van der Waals surface area contributed by atoms with Crippen LogP contribution in [0.25, 0.3) is 16.5 Å². The molecule has 0 aliphatic carbocycles. The lowest BCUT2D eigenvalue weighted by Crippen LogP contribution is -3.00. The number of para-hydroxylation sites is 2. The summed E-state index contributed by atoms with van der Waals surface area (Å²) in [5.74, 6) is 0. The standard InChI is InChI=1S/C20H16N3S.HI/c1-22-12-11-14(15-7-3-4-8-17(15)22)16(13-21)20-23(2)18-9-5-6-10-19(18)24-20;/h3-12H,1-2H3;1H/q+1;/p-1. The SMILES string of the molecule is CN1C(=C(C#N)c2cc[n+](C)c3ccccc23)Sc2ccccc21.[I-]. The molecule has 0 unspecified atom stereocenters. The number of nitriles is 1. The minimum Gasteiger partial charge on any atom is -1.00 e. The molecule has 1 aliphatic heterocycles. The number of benzene rings is 2. The lowest BCUT2D eigenvalue weighted by atomic mass is 10.0. The van der Waals surface area contributed by atoms with Crippen LogP contribution in [0.4, 0.5) is 5.69 Å². The average Bonchev–Trinajstić information content (AvgIpc) is 2.95. The molecule has 4 rings (SSSR count). The molecule has 0 bridgehead atoms. The van der Waals surface area contributed by atoms with Gasteiger partial charge in [0.15, 0.2) is 6.20 Å². The first-order valence-electron chi connectivity index (χ1n) is 7.73. The molecule has 1 aromatic heterocycles. The van der Waals surface area contributed by atoms with E-state index < -0.39 is 0 Å². The minimum absolute atomic E-state index is 0. The van der Waals surface area contributed by atoms with E-state index in [0.717, 1.165) is 32.8 Å². The Labute approximate surface area is 168 Å². The summed E-state index contributed by atoms with van der Waals surface area (Å²) in [6.45, 7) is 0. The van der Waals surface area contributed by atoms with Gasteiger partial charge in [0.05, 0.1) is 21.7 Å². The number of halogens is 1. The largest absolute Gasteiger partial charge is 1.00 e. The van der Waals surface area contributed by atoms with Gasteiger partial charge in [0.1, 0.15) is 13.1 Å².